The van der Waals surface area contributed by atoms with E-state index in [2.05, 4.69) is 18.9 Å². The van der Waals surface area contributed by atoms with Crippen LogP contribution in [-0.4, -0.2) is 9.78 Å². The van der Waals surface area contributed by atoms with Crippen LogP contribution in [0.3, 0.4) is 0 Å². The van der Waals surface area contributed by atoms with Crippen LogP contribution in [0, 0.1) is 5.92 Å². The molecule has 0 fully saturated rings. The van der Waals surface area contributed by atoms with Crippen molar-refractivity contribution in [1.29, 1.82) is 0 Å². The normalized spacial score (nSPS) is 12.8. The molecule has 1 heterocycles. The minimum atomic E-state index is -0.313. The standard InChI is InChI=1S/C10H14Cl2N2O/c1-3-4-7(2)6-14-10(15)9(12)8(11)5-13-14/h5,7H,3-4,6H2,1-2H3. The van der Waals surface area contributed by atoms with Gasteiger partial charge in [0.15, 0.2) is 0 Å². The number of hydrogen-bond acceptors (Lipinski definition) is 2. The quantitative estimate of drug-likeness (QED) is 0.822. The lowest BCUT2D eigenvalue weighted by Crippen LogP contribution is -2.26. The second-order valence-electron chi connectivity index (χ2n) is 3.69. The molecule has 1 aromatic heterocycles. The van der Waals surface area contributed by atoms with E-state index >= 15 is 0 Å². The number of rotatable bonds is 4. The van der Waals surface area contributed by atoms with Crippen molar-refractivity contribution in [2.75, 3.05) is 0 Å². The summed E-state index contributed by atoms with van der Waals surface area (Å²) >= 11 is 11.4. The number of nitrogens with zero attached hydrogens (tertiary/aromatic N) is 2. The zero-order valence-corrected chi connectivity index (χ0v) is 10.3. The summed E-state index contributed by atoms with van der Waals surface area (Å²) < 4.78 is 1.37. The lowest BCUT2D eigenvalue weighted by molar-refractivity contribution is 0.408. The Kier molecular flexibility index (Phi) is 4.61. The first-order chi connectivity index (χ1) is 7.06. The minimum absolute atomic E-state index is 0.0513. The molecule has 0 spiro atoms. The molecule has 3 nitrogen and oxygen atoms in total. The van der Waals surface area contributed by atoms with Gasteiger partial charge < -0.3 is 0 Å². The van der Waals surface area contributed by atoms with Gasteiger partial charge in [0.1, 0.15) is 5.02 Å². The van der Waals surface area contributed by atoms with Crippen LogP contribution in [0.15, 0.2) is 11.0 Å². The molecule has 0 N–H and O–H groups in total. The molecule has 1 unspecified atom stereocenters. The van der Waals surface area contributed by atoms with Crippen LogP contribution >= 0.6 is 23.2 Å². The third-order valence-electron chi connectivity index (χ3n) is 2.21. The fourth-order valence-corrected chi connectivity index (χ4v) is 1.73. The average Bonchev–Trinajstić information content (AvgIpc) is 2.20. The van der Waals surface area contributed by atoms with Crippen molar-refractivity contribution in [3.63, 3.8) is 0 Å². The molecule has 0 aliphatic carbocycles. The summed E-state index contributed by atoms with van der Waals surface area (Å²) in [5, 5.41) is 4.21. The molecule has 0 aromatic carbocycles. The molecular formula is C10H14Cl2N2O. The molecule has 0 bridgehead atoms. The van der Waals surface area contributed by atoms with Gasteiger partial charge in [-0.25, -0.2) is 4.68 Å². The maximum absolute atomic E-state index is 11.6. The zero-order chi connectivity index (χ0) is 11.4. The van der Waals surface area contributed by atoms with Gasteiger partial charge in [-0.05, 0) is 12.3 Å². The van der Waals surface area contributed by atoms with Gasteiger partial charge in [0.05, 0.1) is 11.2 Å². The first kappa shape index (κ1) is 12.5. The highest BCUT2D eigenvalue weighted by molar-refractivity contribution is 6.41. The SMILES string of the molecule is CCCC(C)Cn1ncc(Cl)c(Cl)c1=O. The predicted molar refractivity (Wildman–Crippen MR) is 62.6 cm³/mol. The van der Waals surface area contributed by atoms with E-state index in [-0.39, 0.29) is 15.6 Å². The Labute approximate surface area is 99.0 Å². The highest BCUT2D eigenvalue weighted by atomic mass is 35.5. The molecule has 0 amide bonds. The summed E-state index contributed by atoms with van der Waals surface area (Å²) in [6.45, 7) is 4.78. The summed E-state index contributed by atoms with van der Waals surface area (Å²) in [6, 6.07) is 0. The maximum atomic E-state index is 11.6. The second-order valence-corrected chi connectivity index (χ2v) is 4.47. The van der Waals surface area contributed by atoms with E-state index in [0.717, 1.165) is 12.8 Å². The van der Waals surface area contributed by atoms with Crippen molar-refractivity contribution < 1.29 is 0 Å². The lowest BCUT2D eigenvalue weighted by Gasteiger charge is -2.11. The monoisotopic (exact) mass is 248 g/mol. The molecule has 84 valence electrons. The Balaban J connectivity index is 2.87. The van der Waals surface area contributed by atoms with Gasteiger partial charge in [0.25, 0.3) is 5.56 Å². The molecule has 1 atom stereocenters. The number of hydrogen-bond donors (Lipinski definition) is 0. The molecule has 5 heteroatoms. The van der Waals surface area contributed by atoms with Crippen molar-refractivity contribution in [2.45, 2.75) is 33.2 Å². The number of aromatic nitrogens is 2. The van der Waals surface area contributed by atoms with E-state index < -0.39 is 0 Å². The Morgan fingerprint density at radius 2 is 2.20 bits per heavy atom. The van der Waals surface area contributed by atoms with E-state index in [9.17, 15) is 4.79 Å². The Morgan fingerprint density at radius 3 is 2.80 bits per heavy atom. The van der Waals surface area contributed by atoms with Gasteiger partial charge in [0, 0.05) is 6.54 Å². The summed E-state index contributed by atoms with van der Waals surface area (Å²) in [7, 11) is 0. The fourth-order valence-electron chi connectivity index (χ4n) is 1.45. The van der Waals surface area contributed by atoms with Crippen LogP contribution < -0.4 is 5.56 Å². The van der Waals surface area contributed by atoms with Crippen LogP contribution in [0.2, 0.25) is 10.0 Å². The Morgan fingerprint density at radius 1 is 1.53 bits per heavy atom. The third-order valence-corrected chi connectivity index (χ3v) is 2.96. The van der Waals surface area contributed by atoms with Gasteiger partial charge in [-0.1, -0.05) is 43.5 Å². The van der Waals surface area contributed by atoms with Gasteiger partial charge in [0.2, 0.25) is 0 Å². The summed E-state index contributed by atoms with van der Waals surface area (Å²) in [6.07, 6.45) is 3.57. The van der Waals surface area contributed by atoms with Gasteiger partial charge in [-0.3, -0.25) is 4.79 Å². The van der Waals surface area contributed by atoms with Gasteiger partial charge >= 0.3 is 0 Å². The predicted octanol–water partition coefficient (Wildman–Crippen LogP) is 2.99. The molecule has 0 aliphatic heterocycles. The van der Waals surface area contributed by atoms with E-state index in [0.29, 0.717) is 12.5 Å². The highest BCUT2D eigenvalue weighted by Crippen LogP contribution is 2.15. The topological polar surface area (TPSA) is 34.9 Å². The van der Waals surface area contributed by atoms with Crippen LogP contribution in [0.5, 0.6) is 0 Å². The summed E-state index contributed by atoms with van der Waals surface area (Å²) in [5.41, 5.74) is -0.313. The molecular weight excluding hydrogens is 235 g/mol. The Hall–Kier alpha value is -0.540. The summed E-state index contributed by atoms with van der Waals surface area (Å²) in [5.74, 6) is 0.414. The molecule has 0 radical (unpaired) electrons. The molecule has 1 rings (SSSR count). The van der Waals surface area contributed by atoms with Crippen molar-refractivity contribution in [1.82, 2.24) is 9.78 Å². The number of halogens is 2. The Bertz CT molecular complexity index is 389. The van der Waals surface area contributed by atoms with Crippen molar-refractivity contribution >= 4 is 23.2 Å². The van der Waals surface area contributed by atoms with Gasteiger partial charge in [-0.2, -0.15) is 5.10 Å². The first-order valence-electron chi connectivity index (χ1n) is 4.97. The van der Waals surface area contributed by atoms with Crippen molar-refractivity contribution in [3.05, 3.63) is 26.6 Å². The van der Waals surface area contributed by atoms with Gasteiger partial charge in [-0.15, -0.1) is 0 Å². The third kappa shape index (κ3) is 3.21. The summed E-state index contributed by atoms with van der Waals surface area (Å²) in [4.78, 5) is 11.6. The van der Waals surface area contributed by atoms with E-state index in [1.165, 1.54) is 10.9 Å². The van der Waals surface area contributed by atoms with Crippen molar-refractivity contribution in [2.24, 2.45) is 5.92 Å². The first-order valence-corrected chi connectivity index (χ1v) is 5.73. The second kappa shape index (κ2) is 5.52. The van der Waals surface area contributed by atoms with Crippen LogP contribution in [0.1, 0.15) is 26.7 Å². The van der Waals surface area contributed by atoms with E-state index in [4.69, 9.17) is 23.2 Å². The lowest BCUT2D eigenvalue weighted by atomic mass is 10.1. The molecule has 0 saturated heterocycles. The highest BCUT2D eigenvalue weighted by Gasteiger charge is 2.09. The van der Waals surface area contributed by atoms with Crippen LogP contribution in [-0.2, 0) is 6.54 Å². The van der Waals surface area contributed by atoms with Crippen LogP contribution in [0.25, 0.3) is 0 Å². The van der Waals surface area contributed by atoms with Crippen molar-refractivity contribution in [3.8, 4) is 0 Å². The smallest absolute Gasteiger partial charge is 0.266 e. The van der Waals surface area contributed by atoms with E-state index in [1.807, 2.05) is 0 Å². The maximum Gasteiger partial charge on any atom is 0.287 e. The van der Waals surface area contributed by atoms with Crippen LogP contribution in [0.4, 0.5) is 0 Å². The largest absolute Gasteiger partial charge is 0.287 e. The van der Waals surface area contributed by atoms with E-state index in [1.54, 1.807) is 0 Å². The molecule has 15 heavy (non-hydrogen) atoms. The zero-order valence-electron chi connectivity index (χ0n) is 8.83. The molecule has 0 aliphatic rings. The fraction of sp³-hybridized carbons (Fsp3) is 0.600. The average molecular weight is 249 g/mol. The minimum Gasteiger partial charge on any atom is -0.266 e. The molecule has 1 aromatic rings. The molecule has 0 saturated carbocycles.